The first kappa shape index (κ1) is 37.1. The van der Waals surface area contributed by atoms with Crippen molar-refractivity contribution in [1.29, 1.82) is 0 Å². The van der Waals surface area contributed by atoms with Gasteiger partial charge in [-0.3, -0.25) is 0 Å². The lowest BCUT2D eigenvalue weighted by molar-refractivity contribution is 0.346. The Bertz CT molecular complexity index is 352. The number of nitrogens with one attached hydrogen (secondary N) is 1. The number of hydrogen-bond acceptors (Lipinski definition) is 1. The minimum Gasteiger partial charge on any atom is -0.316 e. The van der Waals surface area contributed by atoms with Crippen LogP contribution in [-0.4, -0.2) is 13.1 Å². The van der Waals surface area contributed by atoms with Crippen molar-refractivity contribution in [3.05, 3.63) is 0 Å². The van der Waals surface area contributed by atoms with Crippen molar-refractivity contribution < 1.29 is 0 Å². The average Bonchev–Trinajstić information content (AvgIpc) is 2.86. The van der Waals surface area contributed by atoms with E-state index in [1.54, 1.807) is 0 Å². The maximum absolute atomic E-state index is 3.91. The first-order chi connectivity index (χ1) is 17.1. The molecule has 0 spiro atoms. The molecule has 0 aliphatic rings. The molecular weight excluding hydrogens is 422 g/mol. The minimum atomic E-state index is 0.914. The molecule has 1 nitrogen and oxygen atoms in total. The van der Waals surface area contributed by atoms with Gasteiger partial charge in [0.2, 0.25) is 0 Å². The molecule has 0 fully saturated rings. The zero-order valence-corrected chi connectivity index (χ0v) is 26.2. The molecule has 0 heterocycles. The smallest absolute Gasteiger partial charge is 0.00204 e. The van der Waals surface area contributed by atoms with Gasteiger partial charge in [-0.05, 0) is 56.5 Å². The Balaban J connectivity index is 0. The maximum atomic E-state index is 3.91. The highest BCUT2D eigenvalue weighted by Crippen LogP contribution is 2.20. The van der Waals surface area contributed by atoms with Crippen LogP contribution in [-0.2, 0) is 0 Å². The van der Waals surface area contributed by atoms with Crippen molar-refractivity contribution in [2.45, 2.75) is 190 Å². The third kappa shape index (κ3) is 30.1. The molecular formula is C34H73N. The van der Waals surface area contributed by atoms with E-state index in [0.717, 1.165) is 17.8 Å². The van der Waals surface area contributed by atoms with E-state index in [1.807, 2.05) is 0 Å². The van der Waals surface area contributed by atoms with Crippen LogP contribution < -0.4 is 5.32 Å². The Hall–Kier alpha value is -0.0400. The first-order valence-corrected chi connectivity index (χ1v) is 16.8. The zero-order valence-electron chi connectivity index (χ0n) is 26.2. The molecule has 0 bridgehead atoms. The van der Waals surface area contributed by atoms with Gasteiger partial charge in [-0.2, -0.15) is 0 Å². The third-order valence-electron chi connectivity index (χ3n) is 7.94. The number of unbranched alkanes of at least 4 members (excludes halogenated alkanes) is 11. The van der Waals surface area contributed by atoms with Crippen molar-refractivity contribution >= 4 is 0 Å². The summed E-state index contributed by atoms with van der Waals surface area (Å²) in [7, 11) is 0. The molecule has 3 atom stereocenters. The molecule has 3 unspecified atom stereocenters. The summed E-state index contributed by atoms with van der Waals surface area (Å²) in [5.41, 5.74) is 0. The third-order valence-corrected chi connectivity index (χ3v) is 7.94. The Morgan fingerprint density at radius 2 is 0.771 bits per heavy atom. The van der Waals surface area contributed by atoms with E-state index >= 15 is 0 Å². The predicted octanol–water partition coefficient (Wildman–Crippen LogP) is 12.1. The predicted molar refractivity (Wildman–Crippen MR) is 165 cm³/mol. The van der Waals surface area contributed by atoms with Crippen molar-refractivity contribution in [3.63, 3.8) is 0 Å². The molecule has 1 heteroatoms. The second-order valence-corrected chi connectivity index (χ2v) is 11.7. The molecule has 0 radical (unpaired) electrons. The summed E-state index contributed by atoms with van der Waals surface area (Å²) in [5, 5.41) is 3.91. The van der Waals surface area contributed by atoms with Crippen LogP contribution in [0.4, 0.5) is 0 Å². The van der Waals surface area contributed by atoms with Gasteiger partial charge >= 0.3 is 0 Å². The Morgan fingerprint density at radius 3 is 1.14 bits per heavy atom. The van der Waals surface area contributed by atoms with Crippen LogP contribution in [0.5, 0.6) is 0 Å². The molecule has 35 heavy (non-hydrogen) atoms. The van der Waals surface area contributed by atoms with Gasteiger partial charge in [0, 0.05) is 0 Å². The minimum absolute atomic E-state index is 0.914. The fraction of sp³-hybridized carbons (Fsp3) is 1.00. The van der Waals surface area contributed by atoms with Crippen LogP contribution in [0.1, 0.15) is 190 Å². The van der Waals surface area contributed by atoms with E-state index < -0.39 is 0 Å². The topological polar surface area (TPSA) is 12.0 Å². The van der Waals surface area contributed by atoms with Crippen molar-refractivity contribution in [3.8, 4) is 0 Å². The average molecular weight is 496 g/mol. The van der Waals surface area contributed by atoms with Crippen molar-refractivity contribution in [2.24, 2.45) is 17.8 Å². The maximum Gasteiger partial charge on any atom is -0.00204 e. The fourth-order valence-corrected chi connectivity index (χ4v) is 5.23. The zero-order chi connectivity index (χ0) is 26.4. The van der Waals surface area contributed by atoms with Gasteiger partial charge in [0.15, 0.2) is 0 Å². The summed E-state index contributed by atoms with van der Waals surface area (Å²) in [6.07, 6.45) is 31.2. The largest absolute Gasteiger partial charge is 0.316 e. The van der Waals surface area contributed by atoms with Crippen molar-refractivity contribution in [2.75, 3.05) is 13.1 Å². The van der Waals surface area contributed by atoms with Gasteiger partial charge < -0.3 is 5.32 Å². The van der Waals surface area contributed by atoms with Gasteiger partial charge in [0.25, 0.3) is 0 Å². The van der Waals surface area contributed by atoms with Crippen LogP contribution in [0, 0.1) is 17.8 Å². The van der Waals surface area contributed by atoms with E-state index in [2.05, 4.69) is 53.8 Å². The summed E-state index contributed by atoms with van der Waals surface area (Å²) < 4.78 is 0. The molecule has 0 aromatic heterocycles. The van der Waals surface area contributed by atoms with Gasteiger partial charge in [-0.25, -0.2) is 0 Å². The van der Waals surface area contributed by atoms with Crippen LogP contribution in [0.25, 0.3) is 0 Å². The highest BCUT2D eigenvalue weighted by molar-refractivity contribution is 4.68. The van der Waals surface area contributed by atoms with Crippen LogP contribution in [0.15, 0.2) is 0 Å². The molecule has 0 aliphatic carbocycles. The van der Waals surface area contributed by atoms with Gasteiger partial charge in [-0.15, -0.1) is 0 Å². The highest BCUT2D eigenvalue weighted by atomic mass is 14.9. The summed E-state index contributed by atoms with van der Waals surface area (Å²) in [5.74, 6) is 2.78. The molecule has 1 N–H and O–H groups in total. The highest BCUT2D eigenvalue weighted by Gasteiger charge is 2.11. The Morgan fingerprint density at radius 1 is 0.400 bits per heavy atom. The van der Waals surface area contributed by atoms with E-state index in [0.29, 0.717) is 0 Å². The molecule has 214 valence electrons. The second kappa shape index (κ2) is 32.0. The normalized spacial score (nSPS) is 13.8. The lowest BCUT2D eigenvalue weighted by Gasteiger charge is -2.21. The fourth-order valence-electron chi connectivity index (χ4n) is 5.23. The molecule has 0 rings (SSSR count). The lowest BCUT2D eigenvalue weighted by Crippen LogP contribution is -2.28. The van der Waals surface area contributed by atoms with E-state index in [-0.39, 0.29) is 0 Å². The van der Waals surface area contributed by atoms with Gasteiger partial charge in [0.05, 0.1) is 0 Å². The summed E-state index contributed by atoms with van der Waals surface area (Å²) in [6, 6.07) is 0. The quantitative estimate of drug-likeness (QED) is 0.118. The van der Waals surface area contributed by atoms with Crippen LogP contribution in [0.2, 0.25) is 0 Å². The number of rotatable bonds is 26. The molecule has 0 aliphatic heterocycles. The number of hydrogen-bond donors (Lipinski definition) is 1. The van der Waals surface area contributed by atoms with Gasteiger partial charge in [0.1, 0.15) is 0 Å². The van der Waals surface area contributed by atoms with E-state index in [4.69, 9.17) is 0 Å². The summed E-state index contributed by atoms with van der Waals surface area (Å²) >= 11 is 0. The molecule has 0 aromatic carbocycles. The van der Waals surface area contributed by atoms with Crippen molar-refractivity contribution in [1.82, 2.24) is 5.32 Å². The van der Waals surface area contributed by atoms with Crippen LogP contribution >= 0.6 is 0 Å². The Kier molecular flexibility index (Phi) is 33.9. The summed E-state index contributed by atoms with van der Waals surface area (Å²) in [6.45, 7) is 18.6. The molecule has 0 amide bonds. The molecule has 0 saturated heterocycles. The van der Waals surface area contributed by atoms with Crippen LogP contribution in [0.3, 0.4) is 0 Å². The monoisotopic (exact) mass is 496 g/mol. The van der Waals surface area contributed by atoms with E-state index in [9.17, 15) is 0 Å². The summed E-state index contributed by atoms with van der Waals surface area (Å²) in [4.78, 5) is 0. The van der Waals surface area contributed by atoms with Gasteiger partial charge in [-0.1, -0.05) is 164 Å². The van der Waals surface area contributed by atoms with E-state index in [1.165, 1.54) is 154 Å². The lowest BCUT2D eigenvalue weighted by atomic mass is 9.93. The Labute approximate surface area is 225 Å². The standard InChI is InChI=1S/C27H57N.C7H16/c1-5-9-12-15-16-19-23-27(22-18-14-11-7-3)25-28-24-26(20-8-4)21-17-13-10-6-2;1-4-6-7(3)5-2/h26-28H,5-25H2,1-4H3;7H,4-6H2,1-3H3. The first-order valence-electron chi connectivity index (χ1n) is 16.8. The SMILES string of the molecule is CCCC(C)CC.CCCCCCCCC(CCCCCC)CNCC(CCC)CCCCCC. The molecule has 0 saturated carbocycles. The molecule has 0 aromatic rings. The second-order valence-electron chi connectivity index (χ2n) is 11.7.